The second kappa shape index (κ2) is 6.82. The molecule has 0 saturated heterocycles. The Morgan fingerprint density at radius 1 is 1.27 bits per heavy atom. The SMILES string of the molecule is Cc1ccccc1OCCN(C)c1nc2c(cnn2C(C)(C)C)c(=O)[nH]1. The maximum atomic E-state index is 12.4. The van der Waals surface area contributed by atoms with Crippen LogP contribution in [0.4, 0.5) is 5.95 Å². The first-order valence-electron chi connectivity index (χ1n) is 8.65. The Morgan fingerprint density at radius 3 is 2.69 bits per heavy atom. The lowest BCUT2D eigenvalue weighted by molar-refractivity contribution is 0.323. The summed E-state index contributed by atoms with van der Waals surface area (Å²) in [5.74, 6) is 1.37. The van der Waals surface area contributed by atoms with Crippen molar-refractivity contribution in [3.05, 3.63) is 46.4 Å². The van der Waals surface area contributed by atoms with Gasteiger partial charge in [-0.25, -0.2) is 4.68 Å². The molecule has 138 valence electrons. The number of hydrogen-bond acceptors (Lipinski definition) is 5. The first kappa shape index (κ1) is 18.0. The van der Waals surface area contributed by atoms with Gasteiger partial charge in [0.05, 0.1) is 18.3 Å². The van der Waals surface area contributed by atoms with Gasteiger partial charge in [-0.05, 0) is 39.3 Å². The van der Waals surface area contributed by atoms with Crippen LogP contribution in [0.1, 0.15) is 26.3 Å². The van der Waals surface area contributed by atoms with Crippen molar-refractivity contribution in [1.82, 2.24) is 19.7 Å². The standard InChI is InChI=1S/C19H25N5O2/c1-13-8-6-7-9-15(13)26-11-10-23(5)18-21-16-14(17(25)22-18)12-20-24(16)19(2,3)4/h6-9,12H,10-11H2,1-5H3,(H,21,22,25). The number of aryl methyl sites for hydroxylation is 1. The number of rotatable bonds is 5. The van der Waals surface area contributed by atoms with Crippen LogP contribution in [-0.4, -0.2) is 39.9 Å². The highest BCUT2D eigenvalue weighted by atomic mass is 16.5. The van der Waals surface area contributed by atoms with E-state index in [1.165, 1.54) is 0 Å². The third-order valence-electron chi connectivity index (χ3n) is 4.20. The van der Waals surface area contributed by atoms with E-state index in [1.54, 1.807) is 10.9 Å². The van der Waals surface area contributed by atoms with E-state index < -0.39 is 0 Å². The Labute approximate surface area is 152 Å². The molecule has 1 N–H and O–H groups in total. The molecule has 0 aliphatic rings. The van der Waals surface area contributed by atoms with E-state index in [0.717, 1.165) is 11.3 Å². The normalized spacial score (nSPS) is 11.7. The van der Waals surface area contributed by atoms with E-state index in [4.69, 9.17) is 4.74 Å². The molecule has 0 fully saturated rings. The highest BCUT2D eigenvalue weighted by Crippen LogP contribution is 2.20. The van der Waals surface area contributed by atoms with Crippen molar-refractivity contribution in [2.24, 2.45) is 0 Å². The Kier molecular flexibility index (Phi) is 4.71. The molecule has 7 heteroatoms. The molecule has 0 amide bonds. The average molecular weight is 355 g/mol. The molecule has 3 rings (SSSR count). The van der Waals surface area contributed by atoms with Gasteiger partial charge >= 0.3 is 0 Å². The lowest BCUT2D eigenvalue weighted by atomic mass is 10.1. The zero-order chi connectivity index (χ0) is 18.9. The number of aromatic amines is 1. The van der Waals surface area contributed by atoms with Gasteiger partial charge in [-0.3, -0.25) is 9.78 Å². The monoisotopic (exact) mass is 355 g/mol. The number of nitrogens with one attached hydrogen (secondary N) is 1. The number of benzene rings is 1. The van der Waals surface area contributed by atoms with Gasteiger partial charge in [-0.15, -0.1) is 0 Å². The topological polar surface area (TPSA) is 76.0 Å². The Hall–Kier alpha value is -2.83. The molecular weight excluding hydrogens is 330 g/mol. The number of H-pyrrole nitrogens is 1. The van der Waals surface area contributed by atoms with Gasteiger partial charge in [0.15, 0.2) is 5.65 Å². The van der Waals surface area contributed by atoms with E-state index in [9.17, 15) is 4.79 Å². The van der Waals surface area contributed by atoms with E-state index in [1.807, 2.05) is 63.9 Å². The highest BCUT2D eigenvalue weighted by Gasteiger charge is 2.20. The second-order valence-corrected chi connectivity index (χ2v) is 7.39. The van der Waals surface area contributed by atoms with Crippen LogP contribution in [0.5, 0.6) is 5.75 Å². The molecule has 0 atom stereocenters. The largest absolute Gasteiger partial charge is 0.491 e. The maximum absolute atomic E-state index is 12.4. The minimum Gasteiger partial charge on any atom is -0.491 e. The van der Waals surface area contributed by atoms with Gasteiger partial charge in [-0.2, -0.15) is 10.1 Å². The molecule has 1 aromatic carbocycles. The fourth-order valence-electron chi connectivity index (χ4n) is 2.70. The van der Waals surface area contributed by atoms with E-state index in [2.05, 4.69) is 15.1 Å². The summed E-state index contributed by atoms with van der Waals surface area (Å²) in [6, 6.07) is 7.90. The molecule has 2 heterocycles. The van der Waals surface area contributed by atoms with Crippen molar-refractivity contribution in [2.75, 3.05) is 25.1 Å². The van der Waals surface area contributed by atoms with Crippen LogP contribution in [0, 0.1) is 6.92 Å². The fourth-order valence-corrected chi connectivity index (χ4v) is 2.70. The summed E-state index contributed by atoms with van der Waals surface area (Å²) in [6.07, 6.45) is 1.57. The summed E-state index contributed by atoms with van der Waals surface area (Å²) in [5.41, 5.74) is 1.24. The molecule has 0 radical (unpaired) electrons. The van der Waals surface area contributed by atoms with Crippen molar-refractivity contribution in [2.45, 2.75) is 33.2 Å². The molecule has 7 nitrogen and oxygen atoms in total. The summed E-state index contributed by atoms with van der Waals surface area (Å²) in [7, 11) is 1.88. The van der Waals surface area contributed by atoms with Crippen molar-refractivity contribution in [1.29, 1.82) is 0 Å². The molecule has 0 aliphatic carbocycles. The first-order valence-corrected chi connectivity index (χ1v) is 8.65. The number of hydrogen-bond donors (Lipinski definition) is 1. The van der Waals surface area contributed by atoms with Gasteiger partial charge < -0.3 is 9.64 Å². The maximum Gasteiger partial charge on any atom is 0.263 e. The minimum atomic E-state index is -0.258. The van der Waals surface area contributed by atoms with Gasteiger partial charge in [0.2, 0.25) is 5.95 Å². The van der Waals surface area contributed by atoms with Crippen LogP contribution in [0.3, 0.4) is 0 Å². The van der Waals surface area contributed by atoms with Gasteiger partial charge in [0, 0.05) is 7.05 Å². The number of ether oxygens (including phenoxy) is 1. The van der Waals surface area contributed by atoms with Crippen LogP contribution < -0.4 is 15.2 Å². The van der Waals surface area contributed by atoms with E-state index >= 15 is 0 Å². The Morgan fingerprint density at radius 2 is 2.00 bits per heavy atom. The molecule has 26 heavy (non-hydrogen) atoms. The molecule has 2 aromatic heterocycles. The number of nitrogens with zero attached hydrogens (tertiary/aromatic N) is 4. The zero-order valence-electron chi connectivity index (χ0n) is 15.9. The van der Waals surface area contributed by atoms with Crippen molar-refractivity contribution >= 4 is 17.0 Å². The third-order valence-corrected chi connectivity index (χ3v) is 4.20. The van der Waals surface area contributed by atoms with Crippen LogP contribution in [0.2, 0.25) is 0 Å². The molecule has 3 aromatic rings. The molecule has 0 aliphatic heterocycles. The summed E-state index contributed by atoms with van der Waals surface area (Å²) in [5, 5.41) is 4.82. The van der Waals surface area contributed by atoms with E-state index in [0.29, 0.717) is 30.1 Å². The summed E-state index contributed by atoms with van der Waals surface area (Å²) < 4.78 is 7.61. The van der Waals surface area contributed by atoms with Crippen LogP contribution in [0.15, 0.2) is 35.3 Å². The molecule has 0 unspecified atom stereocenters. The number of anilines is 1. The lowest BCUT2D eigenvalue weighted by Crippen LogP contribution is -2.29. The summed E-state index contributed by atoms with van der Waals surface area (Å²) in [4.78, 5) is 21.7. The van der Waals surface area contributed by atoms with Gasteiger partial charge in [-0.1, -0.05) is 18.2 Å². The Bertz CT molecular complexity index is 968. The number of para-hydroxylation sites is 1. The van der Waals surface area contributed by atoms with Crippen molar-refractivity contribution in [3.8, 4) is 5.75 Å². The number of likely N-dealkylation sites (N-methyl/N-ethyl adjacent to an activating group) is 1. The first-order chi connectivity index (χ1) is 12.3. The quantitative estimate of drug-likeness (QED) is 0.761. The third kappa shape index (κ3) is 3.56. The molecule has 0 saturated carbocycles. The van der Waals surface area contributed by atoms with Gasteiger partial charge in [0.1, 0.15) is 17.7 Å². The van der Waals surface area contributed by atoms with Crippen LogP contribution in [-0.2, 0) is 5.54 Å². The summed E-state index contributed by atoms with van der Waals surface area (Å²) in [6.45, 7) is 9.18. The molecule has 0 spiro atoms. The highest BCUT2D eigenvalue weighted by molar-refractivity contribution is 5.74. The Balaban J connectivity index is 1.79. The molecular formula is C19H25N5O2. The van der Waals surface area contributed by atoms with Crippen LogP contribution >= 0.6 is 0 Å². The van der Waals surface area contributed by atoms with Crippen molar-refractivity contribution in [3.63, 3.8) is 0 Å². The second-order valence-electron chi connectivity index (χ2n) is 7.39. The molecule has 0 bridgehead atoms. The smallest absolute Gasteiger partial charge is 0.263 e. The predicted molar refractivity (Wildman–Crippen MR) is 103 cm³/mol. The van der Waals surface area contributed by atoms with Gasteiger partial charge in [0.25, 0.3) is 5.56 Å². The minimum absolute atomic E-state index is 0.188. The number of aromatic nitrogens is 4. The van der Waals surface area contributed by atoms with Crippen molar-refractivity contribution < 1.29 is 4.74 Å². The summed E-state index contributed by atoms with van der Waals surface area (Å²) >= 11 is 0. The number of fused-ring (bicyclic) bond motifs is 1. The lowest BCUT2D eigenvalue weighted by Gasteiger charge is -2.21. The fraction of sp³-hybridized carbons (Fsp3) is 0.421. The zero-order valence-corrected chi connectivity index (χ0v) is 15.9. The predicted octanol–water partition coefficient (Wildman–Crippen LogP) is 2.70. The van der Waals surface area contributed by atoms with E-state index in [-0.39, 0.29) is 11.1 Å². The van der Waals surface area contributed by atoms with Crippen LogP contribution in [0.25, 0.3) is 11.0 Å². The average Bonchev–Trinajstić information content (AvgIpc) is 3.01.